The average Bonchev–Trinajstić information content (AvgIpc) is 3.21. The number of anilines is 2. The second-order valence-corrected chi connectivity index (χ2v) is 7.18. The summed E-state index contributed by atoms with van der Waals surface area (Å²) in [7, 11) is 0. The first-order valence-electron chi connectivity index (χ1n) is 9.18. The maximum atomic E-state index is 13.3. The van der Waals surface area contributed by atoms with E-state index in [2.05, 4.69) is 5.10 Å². The summed E-state index contributed by atoms with van der Waals surface area (Å²) >= 11 is 6.23. The third-order valence-electron chi connectivity index (χ3n) is 4.93. The lowest BCUT2D eigenvalue weighted by Gasteiger charge is -2.22. The van der Waals surface area contributed by atoms with Crippen LogP contribution in [0.15, 0.2) is 53.6 Å². The Morgan fingerprint density at radius 2 is 1.79 bits per heavy atom. The Bertz CT molecular complexity index is 1030. The molecule has 2 aliphatic rings. The zero-order valence-corrected chi connectivity index (χ0v) is 16.6. The van der Waals surface area contributed by atoms with Gasteiger partial charge in [0.05, 0.1) is 23.0 Å². The number of amides is 2. The molecule has 7 nitrogen and oxygen atoms in total. The number of esters is 1. The minimum absolute atomic E-state index is 0.0784. The van der Waals surface area contributed by atoms with Gasteiger partial charge >= 0.3 is 5.97 Å². The lowest BCUT2D eigenvalue weighted by Crippen LogP contribution is -2.39. The van der Waals surface area contributed by atoms with Gasteiger partial charge in [-0.1, -0.05) is 41.4 Å². The number of fused-ring (bicyclic) bond motifs is 1. The molecule has 0 bridgehead atoms. The van der Waals surface area contributed by atoms with Crippen LogP contribution < -0.4 is 9.91 Å². The van der Waals surface area contributed by atoms with Gasteiger partial charge in [0.15, 0.2) is 5.71 Å². The SMILES string of the molecule is CCOC(=O)C1=NN(c2ccc(C)cc2)[C@H]2C(=O)N(c3ccccc3Cl)C(=O)[C@@H]12. The van der Waals surface area contributed by atoms with Gasteiger partial charge in [-0.15, -0.1) is 0 Å². The van der Waals surface area contributed by atoms with Crippen LogP contribution in [0.1, 0.15) is 12.5 Å². The minimum atomic E-state index is -1.06. The molecule has 0 spiro atoms. The summed E-state index contributed by atoms with van der Waals surface area (Å²) in [6.07, 6.45) is 0. The lowest BCUT2D eigenvalue weighted by molar-refractivity contribution is -0.136. The third-order valence-corrected chi connectivity index (χ3v) is 5.25. The van der Waals surface area contributed by atoms with Crippen molar-refractivity contribution in [2.45, 2.75) is 19.9 Å². The summed E-state index contributed by atoms with van der Waals surface area (Å²) in [5.74, 6) is -2.80. The first-order valence-corrected chi connectivity index (χ1v) is 9.55. The topological polar surface area (TPSA) is 79.3 Å². The summed E-state index contributed by atoms with van der Waals surface area (Å²) in [6.45, 7) is 3.74. The molecule has 2 atom stereocenters. The van der Waals surface area contributed by atoms with E-state index < -0.39 is 29.7 Å². The van der Waals surface area contributed by atoms with Gasteiger partial charge in [0.25, 0.3) is 5.91 Å². The normalized spacial score (nSPS) is 20.7. The summed E-state index contributed by atoms with van der Waals surface area (Å²) in [5.41, 5.74) is 1.84. The van der Waals surface area contributed by atoms with E-state index in [0.29, 0.717) is 5.69 Å². The second kappa shape index (κ2) is 7.33. The minimum Gasteiger partial charge on any atom is -0.461 e. The van der Waals surface area contributed by atoms with E-state index in [4.69, 9.17) is 16.3 Å². The van der Waals surface area contributed by atoms with Crippen LogP contribution in [0.4, 0.5) is 11.4 Å². The first kappa shape index (κ1) is 19.1. The quantitative estimate of drug-likeness (QED) is 0.571. The fourth-order valence-corrected chi connectivity index (χ4v) is 3.79. The molecule has 4 rings (SSSR count). The number of benzene rings is 2. The molecule has 1 fully saturated rings. The highest BCUT2D eigenvalue weighted by atomic mass is 35.5. The number of hydrazone groups is 1. The molecule has 0 saturated carbocycles. The molecule has 8 heteroatoms. The van der Waals surface area contributed by atoms with Crippen LogP contribution in [-0.2, 0) is 19.1 Å². The molecular formula is C21H18ClN3O4. The van der Waals surface area contributed by atoms with Crippen molar-refractivity contribution in [3.05, 3.63) is 59.1 Å². The number of carbonyl (C=O) groups excluding carboxylic acids is 3. The first-order chi connectivity index (χ1) is 13.9. The van der Waals surface area contributed by atoms with Gasteiger partial charge in [0.1, 0.15) is 12.0 Å². The summed E-state index contributed by atoms with van der Waals surface area (Å²) in [5, 5.41) is 6.01. The monoisotopic (exact) mass is 411 g/mol. The molecule has 0 radical (unpaired) electrons. The fraction of sp³-hybridized carbons (Fsp3) is 0.238. The Morgan fingerprint density at radius 1 is 1.10 bits per heavy atom. The van der Waals surface area contributed by atoms with Crippen molar-refractivity contribution < 1.29 is 19.1 Å². The van der Waals surface area contributed by atoms with E-state index in [0.717, 1.165) is 10.5 Å². The van der Waals surface area contributed by atoms with Crippen LogP contribution in [0.3, 0.4) is 0 Å². The van der Waals surface area contributed by atoms with Crippen molar-refractivity contribution in [2.24, 2.45) is 11.0 Å². The van der Waals surface area contributed by atoms with Gasteiger partial charge in [-0.05, 0) is 38.1 Å². The Labute approximate surface area is 172 Å². The van der Waals surface area contributed by atoms with Crippen molar-refractivity contribution in [3.8, 4) is 0 Å². The summed E-state index contributed by atoms with van der Waals surface area (Å²) in [4.78, 5) is 40.1. The number of nitrogens with zero attached hydrogens (tertiary/aromatic N) is 3. The molecule has 148 valence electrons. The molecule has 2 aliphatic heterocycles. The standard InChI is InChI=1S/C21H18ClN3O4/c1-3-29-21(28)17-16-18(25(23-17)13-10-8-12(2)9-11-13)20(27)24(19(16)26)15-7-5-4-6-14(15)22/h4-11,16,18H,3H2,1-2H3/t16-,18+/m0/s1. The van der Waals surface area contributed by atoms with E-state index in [1.165, 1.54) is 5.01 Å². The van der Waals surface area contributed by atoms with Crippen molar-refractivity contribution in [1.29, 1.82) is 0 Å². The van der Waals surface area contributed by atoms with Crippen LogP contribution in [-0.4, -0.2) is 36.1 Å². The number of ether oxygens (including phenoxy) is 1. The Kier molecular flexibility index (Phi) is 4.84. The zero-order valence-electron chi connectivity index (χ0n) is 15.8. The molecule has 1 saturated heterocycles. The molecule has 29 heavy (non-hydrogen) atoms. The third kappa shape index (κ3) is 3.07. The highest BCUT2D eigenvalue weighted by molar-refractivity contribution is 6.48. The number of rotatable bonds is 4. The number of imide groups is 1. The van der Waals surface area contributed by atoms with Crippen LogP contribution >= 0.6 is 11.6 Å². The Hall–Kier alpha value is -3.19. The van der Waals surface area contributed by atoms with Gasteiger partial charge in [-0.25, -0.2) is 9.69 Å². The molecule has 0 N–H and O–H groups in total. The summed E-state index contributed by atoms with van der Waals surface area (Å²) < 4.78 is 5.08. The average molecular weight is 412 g/mol. The van der Waals surface area contributed by atoms with Crippen molar-refractivity contribution in [2.75, 3.05) is 16.5 Å². The molecule has 0 aromatic heterocycles. The molecule has 2 heterocycles. The van der Waals surface area contributed by atoms with Crippen molar-refractivity contribution >= 4 is 46.5 Å². The predicted octanol–water partition coefficient (Wildman–Crippen LogP) is 2.95. The van der Waals surface area contributed by atoms with Gasteiger partial charge in [-0.3, -0.25) is 14.6 Å². The van der Waals surface area contributed by atoms with E-state index in [1.807, 2.05) is 19.1 Å². The Balaban J connectivity index is 1.81. The van der Waals surface area contributed by atoms with E-state index in [-0.39, 0.29) is 23.0 Å². The zero-order chi connectivity index (χ0) is 20.7. The largest absolute Gasteiger partial charge is 0.461 e. The van der Waals surface area contributed by atoms with Crippen LogP contribution in [0.5, 0.6) is 0 Å². The number of hydrogen-bond donors (Lipinski definition) is 0. The smallest absolute Gasteiger partial charge is 0.355 e. The molecule has 2 amide bonds. The van der Waals surface area contributed by atoms with Crippen LogP contribution in [0.25, 0.3) is 0 Å². The molecule has 0 aliphatic carbocycles. The highest BCUT2D eigenvalue weighted by Gasteiger charge is 2.59. The van der Waals surface area contributed by atoms with Gasteiger partial charge in [-0.2, -0.15) is 5.10 Å². The molecule has 0 unspecified atom stereocenters. The van der Waals surface area contributed by atoms with Crippen molar-refractivity contribution in [1.82, 2.24) is 0 Å². The molecule has 2 aromatic carbocycles. The molecular weight excluding hydrogens is 394 g/mol. The summed E-state index contributed by atoms with van der Waals surface area (Å²) in [6, 6.07) is 12.9. The van der Waals surface area contributed by atoms with E-state index in [1.54, 1.807) is 43.3 Å². The Morgan fingerprint density at radius 3 is 2.45 bits per heavy atom. The van der Waals surface area contributed by atoms with Crippen LogP contribution in [0.2, 0.25) is 5.02 Å². The highest BCUT2D eigenvalue weighted by Crippen LogP contribution is 2.39. The maximum absolute atomic E-state index is 13.3. The van der Waals surface area contributed by atoms with Gasteiger partial charge < -0.3 is 4.74 Å². The van der Waals surface area contributed by atoms with Gasteiger partial charge in [0.2, 0.25) is 5.91 Å². The number of para-hydroxylation sites is 1. The number of aryl methyl sites for hydroxylation is 1. The lowest BCUT2D eigenvalue weighted by atomic mass is 9.97. The predicted molar refractivity (Wildman–Crippen MR) is 109 cm³/mol. The van der Waals surface area contributed by atoms with E-state index in [9.17, 15) is 14.4 Å². The van der Waals surface area contributed by atoms with E-state index >= 15 is 0 Å². The second-order valence-electron chi connectivity index (χ2n) is 6.77. The number of halogens is 1. The molecule has 2 aromatic rings. The van der Waals surface area contributed by atoms with Crippen molar-refractivity contribution in [3.63, 3.8) is 0 Å². The number of carbonyl (C=O) groups is 3. The maximum Gasteiger partial charge on any atom is 0.355 e. The van der Waals surface area contributed by atoms with Gasteiger partial charge in [0, 0.05) is 0 Å². The number of hydrogen-bond acceptors (Lipinski definition) is 6. The van der Waals surface area contributed by atoms with Crippen LogP contribution in [0, 0.1) is 12.8 Å². The fourth-order valence-electron chi connectivity index (χ4n) is 3.57.